The number of hydrogen-bond acceptors (Lipinski definition) is 4. The molecule has 0 spiro atoms. The fourth-order valence-electron chi connectivity index (χ4n) is 2.69. The number of nitrogens with one attached hydrogen (secondary N) is 2. The van der Waals surface area contributed by atoms with E-state index in [1.54, 1.807) is 23.7 Å². The lowest BCUT2D eigenvalue weighted by atomic mass is 10.1. The van der Waals surface area contributed by atoms with Crippen molar-refractivity contribution in [1.82, 2.24) is 15.0 Å². The highest BCUT2D eigenvalue weighted by Gasteiger charge is 2.18. The third-order valence-corrected chi connectivity index (χ3v) is 4.93. The van der Waals surface area contributed by atoms with Crippen molar-refractivity contribution < 1.29 is 9.59 Å². The summed E-state index contributed by atoms with van der Waals surface area (Å²) in [5.74, 6) is -0.580. The first kappa shape index (κ1) is 20.7. The molecule has 0 unspecified atom stereocenters. The summed E-state index contributed by atoms with van der Waals surface area (Å²) in [5, 5.41) is 13.9. The van der Waals surface area contributed by atoms with E-state index in [1.807, 2.05) is 51.1 Å². The number of nitrogens with zero attached hydrogens (tertiary/aromatic N) is 3. The molecule has 0 aliphatic rings. The second-order valence-corrected chi connectivity index (χ2v) is 7.96. The number of anilines is 2. The van der Waals surface area contributed by atoms with Gasteiger partial charge in [0, 0.05) is 21.8 Å². The minimum Gasteiger partial charge on any atom is -0.326 e. The number of carbonyl (C=O) groups excluding carboxylic acids is 2. The second-order valence-electron chi connectivity index (χ2n) is 7.04. The largest absolute Gasteiger partial charge is 0.326 e. The summed E-state index contributed by atoms with van der Waals surface area (Å²) in [4.78, 5) is 24.8. The molecule has 1 heterocycles. The average molecular weight is 456 g/mol. The van der Waals surface area contributed by atoms with Crippen molar-refractivity contribution in [2.45, 2.75) is 27.7 Å². The smallest absolute Gasteiger partial charge is 0.278 e. The van der Waals surface area contributed by atoms with Gasteiger partial charge in [0.25, 0.3) is 5.91 Å². The van der Waals surface area contributed by atoms with Gasteiger partial charge in [-0.3, -0.25) is 9.59 Å². The molecule has 0 saturated heterocycles. The number of halogens is 1. The second kappa shape index (κ2) is 8.57. The van der Waals surface area contributed by atoms with Gasteiger partial charge in [-0.05, 0) is 49.7 Å². The van der Waals surface area contributed by atoms with Gasteiger partial charge in [-0.1, -0.05) is 47.1 Å². The Labute approximate surface area is 177 Å². The van der Waals surface area contributed by atoms with E-state index in [9.17, 15) is 9.59 Å². The molecule has 0 saturated carbocycles. The molecule has 8 heteroatoms. The van der Waals surface area contributed by atoms with Gasteiger partial charge < -0.3 is 10.6 Å². The number of benzene rings is 2. The van der Waals surface area contributed by atoms with Gasteiger partial charge in [0.2, 0.25) is 5.91 Å². The average Bonchev–Trinajstić information content (AvgIpc) is 3.05. The van der Waals surface area contributed by atoms with Crippen molar-refractivity contribution in [3.05, 3.63) is 63.9 Å². The van der Waals surface area contributed by atoms with Crippen LogP contribution in [0.15, 0.2) is 46.9 Å². The van der Waals surface area contributed by atoms with Crippen molar-refractivity contribution in [2.24, 2.45) is 5.92 Å². The van der Waals surface area contributed by atoms with Crippen LogP contribution >= 0.6 is 15.9 Å². The van der Waals surface area contributed by atoms with Gasteiger partial charge >= 0.3 is 0 Å². The zero-order valence-corrected chi connectivity index (χ0v) is 18.2. The Bertz CT molecular complexity index is 1070. The van der Waals surface area contributed by atoms with Crippen LogP contribution in [0.4, 0.5) is 11.4 Å². The topological polar surface area (TPSA) is 88.9 Å². The van der Waals surface area contributed by atoms with Gasteiger partial charge in [-0.15, -0.1) is 5.10 Å². The molecular formula is C21H22BrN5O2. The maximum absolute atomic E-state index is 12.8. The third kappa shape index (κ3) is 4.71. The first-order chi connectivity index (χ1) is 13.8. The fourth-order valence-corrected chi connectivity index (χ4v) is 3.08. The van der Waals surface area contributed by atoms with E-state index in [0.29, 0.717) is 17.1 Å². The number of aryl methyl sites for hydroxylation is 1. The number of hydrogen-bond donors (Lipinski definition) is 2. The Morgan fingerprint density at radius 1 is 1.07 bits per heavy atom. The molecule has 2 amide bonds. The molecule has 0 aliphatic heterocycles. The van der Waals surface area contributed by atoms with Crippen molar-refractivity contribution in [2.75, 3.05) is 10.6 Å². The molecule has 3 rings (SSSR count). The number of carbonyl (C=O) groups is 2. The molecule has 1 aromatic heterocycles. The normalized spacial score (nSPS) is 10.8. The highest BCUT2D eigenvalue weighted by atomic mass is 79.9. The Morgan fingerprint density at radius 2 is 1.83 bits per heavy atom. The van der Waals surface area contributed by atoms with Gasteiger partial charge in [0.15, 0.2) is 5.69 Å². The summed E-state index contributed by atoms with van der Waals surface area (Å²) in [6, 6.07) is 13.0. The zero-order valence-electron chi connectivity index (χ0n) is 16.7. The van der Waals surface area contributed by atoms with Gasteiger partial charge in [-0.25, -0.2) is 4.68 Å². The molecule has 2 N–H and O–H groups in total. The standard InChI is InChI=1S/C21H22BrN5O2/c1-12(2)20(28)23-16-9-8-13(3)18(11-16)24-21(29)19-14(4)27(26-25-19)17-7-5-6-15(22)10-17/h5-12H,1-4H3,(H,23,28)(H,24,29). The molecule has 0 fully saturated rings. The molecular weight excluding hydrogens is 434 g/mol. The van der Waals surface area contributed by atoms with Crippen LogP contribution in [0, 0.1) is 19.8 Å². The van der Waals surface area contributed by atoms with Crippen LogP contribution in [-0.4, -0.2) is 26.8 Å². The SMILES string of the molecule is Cc1ccc(NC(=O)C(C)C)cc1NC(=O)c1nnn(-c2cccc(Br)c2)c1C. The molecule has 0 atom stereocenters. The highest BCUT2D eigenvalue weighted by Crippen LogP contribution is 2.22. The van der Waals surface area contributed by atoms with Gasteiger partial charge in [0.05, 0.1) is 11.4 Å². The van der Waals surface area contributed by atoms with Crippen LogP contribution in [-0.2, 0) is 4.79 Å². The lowest BCUT2D eigenvalue weighted by Crippen LogP contribution is -2.18. The minimum absolute atomic E-state index is 0.0843. The lowest BCUT2D eigenvalue weighted by Gasteiger charge is -2.12. The van der Waals surface area contributed by atoms with E-state index < -0.39 is 0 Å². The van der Waals surface area contributed by atoms with Crippen LogP contribution in [0.5, 0.6) is 0 Å². The maximum atomic E-state index is 12.8. The quantitative estimate of drug-likeness (QED) is 0.592. The first-order valence-corrected chi connectivity index (χ1v) is 9.96. The number of aromatic nitrogens is 3. The zero-order chi connectivity index (χ0) is 21.1. The summed E-state index contributed by atoms with van der Waals surface area (Å²) in [5.41, 5.74) is 3.77. The van der Waals surface area contributed by atoms with E-state index in [0.717, 1.165) is 15.7 Å². The Balaban J connectivity index is 1.83. The van der Waals surface area contributed by atoms with Crippen LogP contribution in [0.2, 0.25) is 0 Å². The molecule has 3 aromatic rings. The Kier molecular flexibility index (Phi) is 6.12. The maximum Gasteiger partial charge on any atom is 0.278 e. The highest BCUT2D eigenvalue weighted by molar-refractivity contribution is 9.10. The number of rotatable bonds is 5. The third-order valence-electron chi connectivity index (χ3n) is 4.44. The lowest BCUT2D eigenvalue weighted by molar-refractivity contribution is -0.118. The van der Waals surface area contributed by atoms with Crippen LogP contribution in [0.3, 0.4) is 0 Å². The summed E-state index contributed by atoms with van der Waals surface area (Å²) in [7, 11) is 0. The molecule has 0 bridgehead atoms. The van der Waals surface area contributed by atoms with E-state index >= 15 is 0 Å². The van der Waals surface area contributed by atoms with Crippen LogP contribution < -0.4 is 10.6 Å². The molecule has 7 nitrogen and oxygen atoms in total. The van der Waals surface area contributed by atoms with E-state index in [4.69, 9.17) is 0 Å². The van der Waals surface area contributed by atoms with Crippen LogP contribution in [0.1, 0.15) is 35.6 Å². The molecule has 0 radical (unpaired) electrons. The molecule has 150 valence electrons. The molecule has 29 heavy (non-hydrogen) atoms. The molecule has 0 aliphatic carbocycles. The summed E-state index contributed by atoms with van der Waals surface area (Å²) in [6.45, 7) is 7.32. The summed E-state index contributed by atoms with van der Waals surface area (Å²) in [6.07, 6.45) is 0. The first-order valence-electron chi connectivity index (χ1n) is 9.17. The van der Waals surface area contributed by atoms with E-state index in [2.05, 4.69) is 36.9 Å². The monoisotopic (exact) mass is 455 g/mol. The Hall–Kier alpha value is -3.00. The minimum atomic E-state index is -0.362. The Morgan fingerprint density at radius 3 is 2.52 bits per heavy atom. The number of amides is 2. The predicted octanol–water partition coefficient (Wildman–Crippen LogP) is 4.49. The van der Waals surface area contributed by atoms with Gasteiger partial charge in [0.1, 0.15) is 0 Å². The van der Waals surface area contributed by atoms with E-state index in [1.165, 1.54) is 0 Å². The molecule has 2 aromatic carbocycles. The van der Waals surface area contributed by atoms with Crippen molar-refractivity contribution >= 4 is 39.1 Å². The van der Waals surface area contributed by atoms with Crippen molar-refractivity contribution in [3.63, 3.8) is 0 Å². The van der Waals surface area contributed by atoms with Crippen molar-refractivity contribution in [3.8, 4) is 5.69 Å². The van der Waals surface area contributed by atoms with Crippen molar-refractivity contribution in [1.29, 1.82) is 0 Å². The summed E-state index contributed by atoms with van der Waals surface area (Å²) >= 11 is 3.43. The van der Waals surface area contributed by atoms with E-state index in [-0.39, 0.29) is 23.4 Å². The van der Waals surface area contributed by atoms with Crippen LogP contribution in [0.25, 0.3) is 5.69 Å². The fraction of sp³-hybridized carbons (Fsp3) is 0.238. The van der Waals surface area contributed by atoms with Gasteiger partial charge in [-0.2, -0.15) is 0 Å². The summed E-state index contributed by atoms with van der Waals surface area (Å²) < 4.78 is 2.53. The predicted molar refractivity (Wildman–Crippen MR) is 116 cm³/mol.